The van der Waals surface area contributed by atoms with Gasteiger partial charge in [-0.15, -0.1) is 0 Å². The number of benzene rings is 1. The van der Waals surface area contributed by atoms with Gasteiger partial charge in [-0.1, -0.05) is 0 Å². The molecule has 0 unspecified atom stereocenters. The molecule has 84 valence electrons. The number of hydrogen-bond donors (Lipinski definition) is 1. The molecule has 0 heterocycles. The third-order valence-electron chi connectivity index (χ3n) is 1.65. The van der Waals surface area contributed by atoms with E-state index in [1.54, 1.807) is 0 Å². The molecule has 0 aliphatic carbocycles. The van der Waals surface area contributed by atoms with Crippen LogP contribution in [0.15, 0.2) is 23.2 Å². The van der Waals surface area contributed by atoms with Gasteiger partial charge in [-0.3, -0.25) is 15.1 Å². The topological polar surface area (TPSA) is 92.8 Å². The summed E-state index contributed by atoms with van der Waals surface area (Å²) in [6.07, 6.45) is 0.958. The maximum atomic E-state index is 12.7. The van der Waals surface area contributed by atoms with Crippen molar-refractivity contribution in [3.63, 3.8) is 0 Å². The molecule has 0 saturated carbocycles. The van der Waals surface area contributed by atoms with Gasteiger partial charge in [0.05, 0.1) is 17.5 Å². The first-order valence-corrected chi connectivity index (χ1v) is 4.18. The Kier molecular flexibility index (Phi) is 3.65. The van der Waals surface area contributed by atoms with Crippen LogP contribution in [0.5, 0.6) is 0 Å². The van der Waals surface area contributed by atoms with Crippen molar-refractivity contribution in [2.45, 2.75) is 0 Å². The molecule has 7 heteroatoms. The molecule has 0 amide bonds. The number of rotatable bonds is 4. The molecule has 0 saturated heterocycles. The summed E-state index contributed by atoms with van der Waals surface area (Å²) in [5.41, 5.74) is -0.352. The highest BCUT2D eigenvalue weighted by molar-refractivity contribution is 5.94. The Morgan fingerprint density at radius 2 is 2.31 bits per heavy atom. The van der Waals surface area contributed by atoms with E-state index in [9.17, 15) is 19.3 Å². The number of halogens is 1. The predicted molar refractivity (Wildman–Crippen MR) is 53.4 cm³/mol. The summed E-state index contributed by atoms with van der Waals surface area (Å²) in [5, 5.41) is 18.7. The van der Waals surface area contributed by atoms with Crippen LogP contribution in [0.3, 0.4) is 0 Å². The third kappa shape index (κ3) is 3.12. The van der Waals surface area contributed by atoms with Crippen LogP contribution in [-0.4, -0.2) is 28.8 Å². The zero-order valence-corrected chi connectivity index (χ0v) is 7.96. The molecule has 0 aliphatic heterocycles. The second kappa shape index (κ2) is 4.96. The number of nitro groups is 1. The van der Waals surface area contributed by atoms with E-state index in [-0.39, 0.29) is 11.3 Å². The molecule has 0 radical (unpaired) electrons. The normalized spacial score (nSPS) is 10.6. The van der Waals surface area contributed by atoms with Gasteiger partial charge >= 0.3 is 5.97 Å². The highest BCUT2D eigenvalue weighted by Crippen LogP contribution is 2.19. The van der Waals surface area contributed by atoms with E-state index in [0.717, 1.165) is 24.4 Å². The van der Waals surface area contributed by atoms with Crippen molar-refractivity contribution in [1.82, 2.24) is 0 Å². The molecule has 0 aromatic heterocycles. The average molecular weight is 226 g/mol. The first-order chi connectivity index (χ1) is 7.50. The van der Waals surface area contributed by atoms with Crippen molar-refractivity contribution in [2.75, 3.05) is 6.54 Å². The van der Waals surface area contributed by atoms with Crippen LogP contribution in [0.25, 0.3) is 0 Å². The van der Waals surface area contributed by atoms with E-state index in [1.807, 2.05) is 0 Å². The van der Waals surface area contributed by atoms with Crippen LogP contribution in [0.1, 0.15) is 10.4 Å². The molecule has 6 nitrogen and oxygen atoms in total. The van der Waals surface area contributed by atoms with E-state index in [0.29, 0.717) is 0 Å². The molecule has 1 aromatic rings. The minimum absolute atomic E-state index is 0.0178. The first kappa shape index (κ1) is 11.8. The summed E-state index contributed by atoms with van der Waals surface area (Å²) in [6, 6.07) is 2.99. The van der Waals surface area contributed by atoms with Crippen LogP contribution < -0.4 is 0 Å². The predicted octanol–water partition coefficient (Wildman–Crippen LogP) is 1.50. The Bertz CT molecular complexity index is 459. The van der Waals surface area contributed by atoms with Gasteiger partial charge in [-0.05, 0) is 18.2 Å². The van der Waals surface area contributed by atoms with E-state index < -0.39 is 23.3 Å². The zero-order chi connectivity index (χ0) is 12.1. The minimum atomic E-state index is -1.34. The lowest BCUT2D eigenvalue weighted by molar-refractivity contribution is -0.462. The molecule has 0 atom stereocenters. The minimum Gasteiger partial charge on any atom is -0.478 e. The number of hydrogen-bond acceptors (Lipinski definition) is 4. The molecule has 1 N–H and O–H groups in total. The van der Waals surface area contributed by atoms with Crippen molar-refractivity contribution < 1.29 is 19.2 Å². The number of carbonyl (C=O) groups is 1. The van der Waals surface area contributed by atoms with Crippen molar-refractivity contribution in [2.24, 2.45) is 4.99 Å². The molecule has 1 rings (SSSR count). The molecule has 0 bridgehead atoms. The van der Waals surface area contributed by atoms with E-state index in [2.05, 4.69) is 4.99 Å². The highest BCUT2D eigenvalue weighted by Gasteiger charge is 2.10. The SMILES string of the molecule is O=C(O)c1cc(F)ccc1N=CC[N+](=O)[O-]. The number of carboxylic acid groups (broad SMARTS) is 1. The molecule has 1 aromatic carbocycles. The fraction of sp³-hybridized carbons (Fsp3) is 0.111. The summed E-state index contributed by atoms with van der Waals surface area (Å²) in [4.78, 5) is 23.7. The Labute approximate surface area is 89.2 Å². The second-order valence-electron chi connectivity index (χ2n) is 2.79. The van der Waals surface area contributed by atoms with Crippen molar-refractivity contribution >= 4 is 17.9 Å². The summed E-state index contributed by atoms with van der Waals surface area (Å²) >= 11 is 0. The van der Waals surface area contributed by atoms with Crippen molar-refractivity contribution in [1.29, 1.82) is 0 Å². The lowest BCUT2D eigenvalue weighted by Crippen LogP contribution is -2.02. The lowest BCUT2D eigenvalue weighted by Gasteiger charge is -1.99. The standard InChI is InChI=1S/C9H7FN2O4/c10-6-1-2-8(7(5-6)9(13)14)11-3-4-12(15)16/h1-3,5H,4H2,(H,13,14). The summed E-state index contributed by atoms with van der Waals surface area (Å²) in [7, 11) is 0. The van der Waals surface area contributed by atoms with Gasteiger partial charge in [0, 0.05) is 4.92 Å². The van der Waals surface area contributed by atoms with Gasteiger partial charge in [0.25, 0.3) is 0 Å². The summed E-state index contributed by atoms with van der Waals surface area (Å²) < 4.78 is 12.7. The average Bonchev–Trinajstić information content (AvgIpc) is 2.19. The van der Waals surface area contributed by atoms with Gasteiger partial charge in [0.15, 0.2) is 0 Å². The molecule has 0 aliphatic rings. The molecule has 16 heavy (non-hydrogen) atoms. The fourth-order valence-electron chi connectivity index (χ4n) is 0.998. The van der Waals surface area contributed by atoms with E-state index >= 15 is 0 Å². The Hall–Kier alpha value is -2.31. The smallest absolute Gasteiger partial charge is 0.338 e. The van der Waals surface area contributed by atoms with Crippen LogP contribution in [0, 0.1) is 15.9 Å². The summed E-state index contributed by atoms with van der Waals surface area (Å²) in [5.74, 6) is -2.04. The van der Waals surface area contributed by atoms with Crippen LogP contribution in [0.2, 0.25) is 0 Å². The lowest BCUT2D eigenvalue weighted by atomic mass is 10.2. The molecular weight excluding hydrogens is 219 g/mol. The van der Waals surface area contributed by atoms with Gasteiger partial charge in [0.1, 0.15) is 5.82 Å². The zero-order valence-electron chi connectivity index (χ0n) is 7.96. The van der Waals surface area contributed by atoms with Crippen LogP contribution >= 0.6 is 0 Å². The third-order valence-corrected chi connectivity index (χ3v) is 1.65. The maximum Gasteiger partial charge on any atom is 0.338 e. The Morgan fingerprint density at radius 3 is 2.88 bits per heavy atom. The maximum absolute atomic E-state index is 12.7. The quantitative estimate of drug-likeness (QED) is 0.478. The van der Waals surface area contributed by atoms with E-state index in [4.69, 9.17) is 5.11 Å². The second-order valence-corrected chi connectivity index (χ2v) is 2.79. The molecular formula is C9H7FN2O4. The number of carboxylic acids is 1. The molecule has 0 spiro atoms. The molecule has 0 fully saturated rings. The van der Waals surface area contributed by atoms with Crippen LogP contribution in [0.4, 0.5) is 10.1 Å². The monoisotopic (exact) mass is 226 g/mol. The van der Waals surface area contributed by atoms with Crippen molar-refractivity contribution in [3.8, 4) is 0 Å². The highest BCUT2D eigenvalue weighted by atomic mass is 19.1. The Morgan fingerprint density at radius 1 is 1.62 bits per heavy atom. The van der Waals surface area contributed by atoms with Crippen molar-refractivity contribution in [3.05, 3.63) is 39.7 Å². The summed E-state index contributed by atoms with van der Waals surface area (Å²) in [6.45, 7) is -0.517. The van der Waals surface area contributed by atoms with Gasteiger partial charge in [0.2, 0.25) is 6.54 Å². The van der Waals surface area contributed by atoms with Gasteiger partial charge in [-0.25, -0.2) is 9.18 Å². The van der Waals surface area contributed by atoms with Crippen LogP contribution in [-0.2, 0) is 0 Å². The van der Waals surface area contributed by atoms with Gasteiger partial charge < -0.3 is 5.11 Å². The first-order valence-electron chi connectivity index (χ1n) is 4.18. The van der Waals surface area contributed by atoms with Gasteiger partial charge in [-0.2, -0.15) is 0 Å². The Balaban J connectivity index is 2.99. The number of aromatic carboxylic acids is 1. The van der Waals surface area contributed by atoms with E-state index in [1.165, 1.54) is 0 Å². The largest absolute Gasteiger partial charge is 0.478 e. The fourth-order valence-corrected chi connectivity index (χ4v) is 0.998. The number of aliphatic imine (C=N–C) groups is 1. The number of nitrogens with zero attached hydrogens (tertiary/aromatic N) is 2.